The van der Waals surface area contributed by atoms with Crippen molar-refractivity contribution in [2.75, 3.05) is 0 Å². The molecule has 1 aliphatic carbocycles. The smallest absolute Gasteiger partial charge is 0.129 e. The summed E-state index contributed by atoms with van der Waals surface area (Å²) in [5.41, 5.74) is 1.32. The zero-order valence-electron chi connectivity index (χ0n) is 6.76. The van der Waals surface area contributed by atoms with Crippen LogP contribution in [-0.4, -0.2) is 5.11 Å². The highest BCUT2D eigenvalue weighted by molar-refractivity contribution is 9.10. The lowest BCUT2D eigenvalue weighted by molar-refractivity contribution is 0.471. The SMILES string of the molecule is Oc1ccc(CC2CC2)cc1Br. The third-order valence-corrected chi connectivity index (χ3v) is 2.87. The van der Waals surface area contributed by atoms with Crippen LogP contribution in [0.25, 0.3) is 0 Å². The van der Waals surface area contributed by atoms with E-state index in [2.05, 4.69) is 15.9 Å². The summed E-state index contributed by atoms with van der Waals surface area (Å²) in [4.78, 5) is 0. The van der Waals surface area contributed by atoms with E-state index in [4.69, 9.17) is 0 Å². The van der Waals surface area contributed by atoms with Crippen LogP contribution in [0.2, 0.25) is 0 Å². The quantitative estimate of drug-likeness (QED) is 0.822. The molecular weight excluding hydrogens is 216 g/mol. The topological polar surface area (TPSA) is 20.2 Å². The summed E-state index contributed by atoms with van der Waals surface area (Å²) in [5, 5.41) is 9.25. The summed E-state index contributed by atoms with van der Waals surface area (Å²) in [6, 6.07) is 5.76. The molecule has 1 nitrogen and oxygen atoms in total. The van der Waals surface area contributed by atoms with Gasteiger partial charge in [0.1, 0.15) is 5.75 Å². The highest BCUT2D eigenvalue weighted by Crippen LogP contribution is 2.34. The molecule has 1 aromatic rings. The Morgan fingerprint density at radius 2 is 2.17 bits per heavy atom. The normalized spacial score (nSPS) is 16.4. The Hall–Kier alpha value is -0.500. The highest BCUT2D eigenvalue weighted by Gasteiger charge is 2.21. The molecule has 64 valence electrons. The number of aromatic hydroxyl groups is 1. The third kappa shape index (κ3) is 1.81. The van der Waals surface area contributed by atoms with Crippen molar-refractivity contribution >= 4 is 15.9 Å². The van der Waals surface area contributed by atoms with Crippen LogP contribution in [0.15, 0.2) is 22.7 Å². The standard InChI is InChI=1S/C10H11BrO/c11-9-6-8(3-4-10(9)12)5-7-1-2-7/h3-4,6-7,12H,1-2,5H2. The number of phenolic OH excluding ortho intramolecular Hbond substituents is 1. The Labute approximate surface area is 80.5 Å². The Kier molecular flexibility index (Phi) is 2.09. The Bertz CT molecular complexity index is 292. The van der Waals surface area contributed by atoms with Gasteiger partial charge >= 0.3 is 0 Å². The minimum Gasteiger partial charge on any atom is -0.507 e. The van der Waals surface area contributed by atoms with Crippen LogP contribution in [0.1, 0.15) is 18.4 Å². The van der Waals surface area contributed by atoms with Crippen molar-refractivity contribution in [2.24, 2.45) is 5.92 Å². The first-order valence-electron chi connectivity index (χ1n) is 4.23. The summed E-state index contributed by atoms with van der Waals surface area (Å²) in [6.45, 7) is 0. The first kappa shape index (κ1) is 8.11. The Morgan fingerprint density at radius 1 is 1.42 bits per heavy atom. The molecule has 0 spiro atoms. The first-order valence-corrected chi connectivity index (χ1v) is 5.02. The van der Waals surface area contributed by atoms with Gasteiger partial charge in [0, 0.05) is 0 Å². The molecule has 0 bridgehead atoms. The molecule has 0 amide bonds. The van der Waals surface area contributed by atoms with Gasteiger partial charge in [-0.3, -0.25) is 0 Å². The van der Waals surface area contributed by atoms with E-state index in [0.29, 0.717) is 5.75 Å². The number of phenols is 1. The van der Waals surface area contributed by atoms with Gasteiger partial charge in [-0.15, -0.1) is 0 Å². The van der Waals surface area contributed by atoms with Crippen molar-refractivity contribution in [1.29, 1.82) is 0 Å². The zero-order valence-corrected chi connectivity index (χ0v) is 8.34. The molecule has 0 unspecified atom stereocenters. The molecule has 2 rings (SSSR count). The maximum Gasteiger partial charge on any atom is 0.129 e. The molecule has 0 aromatic heterocycles. The van der Waals surface area contributed by atoms with Gasteiger partial charge in [0.2, 0.25) is 0 Å². The van der Waals surface area contributed by atoms with Crippen LogP contribution in [0.5, 0.6) is 5.75 Å². The molecule has 0 radical (unpaired) electrons. The van der Waals surface area contributed by atoms with E-state index in [0.717, 1.165) is 10.4 Å². The summed E-state index contributed by atoms with van der Waals surface area (Å²) < 4.78 is 0.806. The van der Waals surface area contributed by atoms with Crippen LogP contribution in [-0.2, 0) is 6.42 Å². The van der Waals surface area contributed by atoms with Gasteiger partial charge in [0.15, 0.2) is 0 Å². The fraction of sp³-hybridized carbons (Fsp3) is 0.400. The van der Waals surface area contributed by atoms with Gasteiger partial charge in [-0.2, -0.15) is 0 Å². The second kappa shape index (κ2) is 3.09. The molecule has 1 aromatic carbocycles. The van der Waals surface area contributed by atoms with Crippen LogP contribution < -0.4 is 0 Å². The third-order valence-electron chi connectivity index (χ3n) is 2.23. The molecule has 1 saturated carbocycles. The van der Waals surface area contributed by atoms with E-state index in [1.54, 1.807) is 6.07 Å². The molecule has 1 aliphatic rings. The molecule has 1 N–H and O–H groups in total. The summed E-state index contributed by atoms with van der Waals surface area (Å²) in [5.74, 6) is 1.23. The van der Waals surface area contributed by atoms with Crippen molar-refractivity contribution in [3.05, 3.63) is 28.2 Å². The maximum absolute atomic E-state index is 9.25. The lowest BCUT2D eigenvalue weighted by Gasteiger charge is -2.01. The minimum atomic E-state index is 0.328. The number of rotatable bonds is 2. The number of hydrogen-bond donors (Lipinski definition) is 1. The van der Waals surface area contributed by atoms with Gasteiger partial charge in [-0.25, -0.2) is 0 Å². The molecular formula is C10H11BrO. The predicted octanol–water partition coefficient (Wildman–Crippen LogP) is 3.11. The Morgan fingerprint density at radius 3 is 2.75 bits per heavy atom. The van der Waals surface area contributed by atoms with Crippen molar-refractivity contribution in [2.45, 2.75) is 19.3 Å². The van der Waals surface area contributed by atoms with Crippen LogP contribution in [0, 0.1) is 5.92 Å². The average Bonchev–Trinajstić information content (AvgIpc) is 2.81. The molecule has 0 atom stereocenters. The van der Waals surface area contributed by atoms with E-state index in [-0.39, 0.29) is 0 Å². The monoisotopic (exact) mass is 226 g/mol. The fourth-order valence-electron chi connectivity index (χ4n) is 1.33. The summed E-state index contributed by atoms with van der Waals surface area (Å²) in [7, 11) is 0. The van der Waals surface area contributed by atoms with E-state index in [1.807, 2.05) is 12.1 Å². The van der Waals surface area contributed by atoms with E-state index in [9.17, 15) is 5.11 Å². The molecule has 0 saturated heterocycles. The number of hydrogen-bond acceptors (Lipinski definition) is 1. The molecule has 2 heteroatoms. The second-order valence-electron chi connectivity index (χ2n) is 3.43. The largest absolute Gasteiger partial charge is 0.507 e. The lowest BCUT2D eigenvalue weighted by atomic mass is 10.1. The van der Waals surface area contributed by atoms with Crippen molar-refractivity contribution < 1.29 is 5.11 Å². The van der Waals surface area contributed by atoms with Crippen LogP contribution >= 0.6 is 15.9 Å². The van der Waals surface area contributed by atoms with Crippen molar-refractivity contribution in [1.82, 2.24) is 0 Å². The number of halogens is 1. The van der Waals surface area contributed by atoms with Crippen molar-refractivity contribution in [3.8, 4) is 5.75 Å². The maximum atomic E-state index is 9.25. The van der Waals surface area contributed by atoms with Gasteiger partial charge in [0.25, 0.3) is 0 Å². The highest BCUT2D eigenvalue weighted by atomic mass is 79.9. The summed E-state index contributed by atoms with van der Waals surface area (Å²) >= 11 is 3.31. The first-order chi connectivity index (χ1) is 5.75. The summed E-state index contributed by atoms with van der Waals surface area (Å²) in [6.07, 6.45) is 3.91. The second-order valence-corrected chi connectivity index (χ2v) is 4.29. The van der Waals surface area contributed by atoms with Gasteiger partial charge in [0.05, 0.1) is 4.47 Å². The molecule has 0 heterocycles. The average molecular weight is 227 g/mol. The molecule has 12 heavy (non-hydrogen) atoms. The van der Waals surface area contributed by atoms with Gasteiger partial charge < -0.3 is 5.11 Å². The van der Waals surface area contributed by atoms with E-state index < -0.39 is 0 Å². The van der Waals surface area contributed by atoms with Crippen LogP contribution in [0.3, 0.4) is 0 Å². The van der Waals surface area contributed by atoms with E-state index >= 15 is 0 Å². The van der Waals surface area contributed by atoms with Crippen molar-refractivity contribution in [3.63, 3.8) is 0 Å². The number of benzene rings is 1. The van der Waals surface area contributed by atoms with Gasteiger partial charge in [-0.1, -0.05) is 6.07 Å². The fourth-order valence-corrected chi connectivity index (χ4v) is 1.76. The van der Waals surface area contributed by atoms with Gasteiger partial charge in [-0.05, 0) is 58.8 Å². The Balaban J connectivity index is 2.15. The lowest BCUT2D eigenvalue weighted by Crippen LogP contribution is -1.86. The molecule has 1 fully saturated rings. The zero-order chi connectivity index (χ0) is 8.55. The van der Waals surface area contributed by atoms with E-state index in [1.165, 1.54) is 24.8 Å². The van der Waals surface area contributed by atoms with Crippen LogP contribution in [0.4, 0.5) is 0 Å². The minimum absolute atomic E-state index is 0.328. The molecule has 0 aliphatic heterocycles. The predicted molar refractivity (Wildman–Crippen MR) is 52.2 cm³/mol.